The molecule has 0 saturated heterocycles. The van der Waals surface area contributed by atoms with E-state index in [1.165, 1.54) is 17.6 Å². The fourth-order valence-electron chi connectivity index (χ4n) is 4.31. The van der Waals surface area contributed by atoms with Crippen molar-refractivity contribution < 1.29 is 14.0 Å². The highest BCUT2D eigenvalue weighted by molar-refractivity contribution is 7.12. The van der Waals surface area contributed by atoms with Crippen molar-refractivity contribution in [3.05, 3.63) is 44.6 Å². The van der Waals surface area contributed by atoms with Gasteiger partial charge < -0.3 is 9.16 Å². The summed E-state index contributed by atoms with van der Waals surface area (Å²) < 4.78 is 13.7. The van der Waals surface area contributed by atoms with Crippen molar-refractivity contribution in [2.45, 2.75) is 92.6 Å². The molecule has 8 heteroatoms. The van der Waals surface area contributed by atoms with Gasteiger partial charge >= 0.3 is 5.97 Å². The van der Waals surface area contributed by atoms with Gasteiger partial charge in [-0.1, -0.05) is 32.1 Å². The number of carbonyl (C=O) groups is 1. The molecule has 0 N–H and O–H groups in total. The number of aromatic nitrogens is 3. The van der Waals surface area contributed by atoms with Gasteiger partial charge in [-0.05, 0) is 81.6 Å². The number of esters is 1. The van der Waals surface area contributed by atoms with Crippen molar-refractivity contribution in [2.75, 3.05) is 7.11 Å². The van der Waals surface area contributed by atoms with E-state index in [9.17, 15) is 4.79 Å². The van der Waals surface area contributed by atoms with Crippen molar-refractivity contribution in [1.82, 2.24) is 15.0 Å². The Bertz CT molecular complexity index is 1220. The van der Waals surface area contributed by atoms with Gasteiger partial charge in [0.1, 0.15) is 5.52 Å². The van der Waals surface area contributed by atoms with Crippen LogP contribution < -0.4 is 0 Å². The lowest BCUT2D eigenvalue weighted by Gasteiger charge is -2.36. The number of hydrogen-bond donors (Lipinski definition) is 0. The zero-order valence-corrected chi connectivity index (χ0v) is 25.0. The summed E-state index contributed by atoms with van der Waals surface area (Å²) in [4.78, 5) is 15.4. The van der Waals surface area contributed by atoms with Crippen LogP contribution in [0.4, 0.5) is 0 Å². The van der Waals surface area contributed by atoms with Crippen LogP contribution in [0.25, 0.3) is 11.0 Å². The number of methoxy groups -OCH3 is 1. The van der Waals surface area contributed by atoms with Gasteiger partial charge in [-0.2, -0.15) is 0 Å². The van der Waals surface area contributed by atoms with Crippen molar-refractivity contribution in [3.63, 3.8) is 0 Å². The Morgan fingerprint density at radius 2 is 1.83 bits per heavy atom. The van der Waals surface area contributed by atoms with Crippen molar-refractivity contribution in [3.8, 4) is 0 Å². The minimum atomic E-state index is -1.88. The number of carbonyl (C=O) groups excluding carboxylic acids is 1. The second-order valence-corrected chi connectivity index (χ2v) is 17.6. The summed E-state index contributed by atoms with van der Waals surface area (Å²) >= 11 is 1.74. The predicted molar refractivity (Wildman–Crippen MR) is 147 cm³/mol. The second-order valence-electron chi connectivity index (χ2n) is 11.5. The number of fused-ring (bicyclic) bond motifs is 1. The molecule has 3 rings (SSSR count). The normalized spacial score (nSPS) is 13.9. The minimum absolute atomic E-state index is 0.150. The van der Waals surface area contributed by atoms with E-state index in [-0.39, 0.29) is 16.9 Å². The molecule has 6 nitrogen and oxygen atoms in total. The van der Waals surface area contributed by atoms with Gasteiger partial charge in [0.05, 0.1) is 24.6 Å². The van der Waals surface area contributed by atoms with Gasteiger partial charge in [-0.15, -0.1) is 16.4 Å². The van der Waals surface area contributed by atoms with E-state index < -0.39 is 13.7 Å². The maximum atomic E-state index is 13.0. The molecule has 0 saturated carbocycles. The lowest BCUT2D eigenvalue weighted by Crippen LogP contribution is -2.40. The topological polar surface area (TPSA) is 66.2 Å². The smallest absolute Gasteiger partial charge is 0.312 e. The molecule has 2 aromatic heterocycles. The second kappa shape index (κ2) is 9.79. The SMILES string of the molecule is CCn1nnc2c(C)c(C(c3cc(CO[Si](C)(C)C(C)(C)C)c(C)s3)C(C)(C)C(=O)OC)ccc21. The molecule has 0 aliphatic rings. The predicted octanol–water partition coefficient (Wildman–Crippen LogP) is 6.98. The van der Waals surface area contributed by atoms with Crippen LogP contribution in [-0.4, -0.2) is 36.4 Å². The van der Waals surface area contributed by atoms with Crippen LogP contribution in [0.2, 0.25) is 18.1 Å². The third-order valence-electron chi connectivity index (χ3n) is 7.74. The lowest BCUT2D eigenvalue weighted by atomic mass is 9.72. The number of aryl methyl sites for hydroxylation is 3. The van der Waals surface area contributed by atoms with Crippen molar-refractivity contribution >= 4 is 36.7 Å². The van der Waals surface area contributed by atoms with Crippen LogP contribution in [0.15, 0.2) is 18.2 Å². The molecule has 1 unspecified atom stereocenters. The molecule has 0 amide bonds. The van der Waals surface area contributed by atoms with E-state index in [1.807, 2.05) is 18.5 Å². The van der Waals surface area contributed by atoms with Gasteiger partial charge in [0.25, 0.3) is 0 Å². The average Bonchev–Trinajstić information content (AvgIpc) is 3.35. The first-order valence-electron chi connectivity index (χ1n) is 12.3. The summed E-state index contributed by atoms with van der Waals surface area (Å²) in [5.74, 6) is -0.416. The highest BCUT2D eigenvalue weighted by atomic mass is 32.1. The first-order chi connectivity index (χ1) is 16.2. The van der Waals surface area contributed by atoms with Crippen LogP contribution in [0.3, 0.4) is 0 Å². The number of nitrogens with zero attached hydrogens (tertiary/aromatic N) is 3. The fourth-order valence-corrected chi connectivity index (χ4v) is 6.61. The molecule has 0 spiro atoms. The third kappa shape index (κ3) is 5.11. The summed E-state index contributed by atoms with van der Waals surface area (Å²) in [5.41, 5.74) is 4.43. The Morgan fingerprint density at radius 1 is 1.17 bits per heavy atom. The molecule has 0 fully saturated rings. The van der Waals surface area contributed by atoms with Crippen LogP contribution in [-0.2, 0) is 27.1 Å². The van der Waals surface area contributed by atoms with Crippen LogP contribution >= 0.6 is 11.3 Å². The van der Waals surface area contributed by atoms with E-state index in [0.717, 1.165) is 33.6 Å². The molecule has 0 aliphatic carbocycles. The maximum Gasteiger partial charge on any atom is 0.312 e. The Balaban J connectivity index is 2.11. The molecular weight excluding hydrogens is 474 g/mol. The molecule has 35 heavy (non-hydrogen) atoms. The molecule has 2 heterocycles. The van der Waals surface area contributed by atoms with Crippen LogP contribution in [0.1, 0.15) is 73.9 Å². The average molecular weight is 516 g/mol. The molecular formula is C27H41N3O3SSi. The summed E-state index contributed by atoms with van der Waals surface area (Å²) in [6.45, 7) is 22.9. The third-order valence-corrected chi connectivity index (χ3v) is 13.4. The number of rotatable bonds is 8. The highest BCUT2D eigenvalue weighted by Crippen LogP contribution is 2.47. The largest absolute Gasteiger partial charge is 0.469 e. The molecule has 1 aromatic carbocycles. The Hall–Kier alpha value is -2.03. The first kappa shape index (κ1) is 27.6. The Labute approximate surface area is 215 Å². The van der Waals surface area contributed by atoms with Gasteiger partial charge in [0.15, 0.2) is 8.32 Å². The Morgan fingerprint density at radius 3 is 2.40 bits per heavy atom. The molecule has 192 valence electrons. The van der Waals surface area contributed by atoms with E-state index in [0.29, 0.717) is 6.61 Å². The van der Waals surface area contributed by atoms with Crippen molar-refractivity contribution in [2.24, 2.45) is 5.41 Å². The zero-order valence-electron chi connectivity index (χ0n) is 23.2. The minimum Gasteiger partial charge on any atom is -0.469 e. The number of thiophene rings is 1. The monoisotopic (exact) mass is 515 g/mol. The number of hydrogen-bond acceptors (Lipinski definition) is 6. The molecule has 3 aromatic rings. The summed E-state index contributed by atoms with van der Waals surface area (Å²) in [5, 5.41) is 8.92. The van der Waals surface area contributed by atoms with Crippen LogP contribution in [0, 0.1) is 19.3 Å². The Kier molecular flexibility index (Phi) is 7.70. The van der Waals surface area contributed by atoms with Crippen LogP contribution in [0.5, 0.6) is 0 Å². The van der Waals surface area contributed by atoms with Gasteiger partial charge in [-0.25, -0.2) is 4.68 Å². The van der Waals surface area contributed by atoms with E-state index >= 15 is 0 Å². The summed E-state index contributed by atoms with van der Waals surface area (Å²) in [7, 11) is -0.420. The molecule has 0 aliphatic heterocycles. The van der Waals surface area contributed by atoms with Gasteiger partial charge in [0.2, 0.25) is 0 Å². The van der Waals surface area contributed by atoms with E-state index in [2.05, 4.69) is 83.1 Å². The number of ether oxygens (including phenoxy) is 1. The quantitative estimate of drug-likeness (QED) is 0.239. The highest BCUT2D eigenvalue weighted by Gasteiger charge is 2.42. The van der Waals surface area contributed by atoms with Crippen molar-refractivity contribution in [1.29, 1.82) is 0 Å². The fraction of sp³-hybridized carbons (Fsp3) is 0.593. The van der Waals surface area contributed by atoms with E-state index in [1.54, 1.807) is 11.3 Å². The van der Waals surface area contributed by atoms with Gasteiger partial charge in [0, 0.05) is 22.2 Å². The standard InChI is InChI=1S/C27H41N3O3SSi/c1-12-30-21-14-13-20(17(2)24(21)28-29-30)23(27(7,8)25(31)32-9)22-15-19(18(3)34-22)16-33-35(10,11)26(4,5)6/h13-15,23H,12,16H2,1-11H3. The molecule has 0 bridgehead atoms. The summed E-state index contributed by atoms with van der Waals surface area (Å²) in [6, 6.07) is 6.43. The number of benzene rings is 1. The molecule has 1 atom stereocenters. The maximum absolute atomic E-state index is 13.0. The first-order valence-corrected chi connectivity index (χ1v) is 16.0. The molecule has 0 radical (unpaired) electrons. The lowest BCUT2D eigenvalue weighted by molar-refractivity contribution is -0.151. The summed E-state index contributed by atoms with van der Waals surface area (Å²) in [6.07, 6.45) is 0. The zero-order chi connectivity index (χ0) is 26.3. The van der Waals surface area contributed by atoms with Gasteiger partial charge in [-0.3, -0.25) is 4.79 Å². The van der Waals surface area contributed by atoms with E-state index in [4.69, 9.17) is 9.16 Å².